The third-order valence-electron chi connectivity index (χ3n) is 2.52. The van der Waals surface area contributed by atoms with Gasteiger partial charge in [-0.2, -0.15) is 5.10 Å². The molecule has 6 heteroatoms. The van der Waals surface area contributed by atoms with Gasteiger partial charge in [0.1, 0.15) is 5.69 Å². The maximum absolute atomic E-state index is 11.9. The van der Waals surface area contributed by atoms with Crippen LogP contribution in [0.4, 0.5) is 11.4 Å². The number of hydrogen-bond acceptors (Lipinski definition) is 3. The molecule has 19 heavy (non-hydrogen) atoms. The lowest BCUT2D eigenvalue weighted by Gasteiger charge is -2.06. The van der Waals surface area contributed by atoms with Gasteiger partial charge in [0.2, 0.25) is 5.91 Å². The lowest BCUT2D eigenvalue weighted by atomic mass is 10.2. The van der Waals surface area contributed by atoms with Crippen LogP contribution in [-0.4, -0.2) is 22.0 Å². The number of carbonyl (C=O) groups excluding carboxylic acids is 2. The van der Waals surface area contributed by atoms with E-state index >= 15 is 0 Å². The predicted octanol–water partition coefficient (Wildman–Crippen LogP) is 1.93. The zero-order chi connectivity index (χ0) is 13.8. The second-order valence-electron chi connectivity index (χ2n) is 4.14. The Bertz CT molecular complexity index is 601. The summed E-state index contributed by atoms with van der Waals surface area (Å²) >= 11 is 0. The van der Waals surface area contributed by atoms with E-state index < -0.39 is 0 Å². The van der Waals surface area contributed by atoms with Crippen molar-refractivity contribution in [2.24, 2.45) is 0 Å². The predicted molar refractivity (Wildman–Crippen MR) is 72.0 cm³/mol. The first kappa shape index (κ1) is 12.8. The van der Waals surface area contributed by atoms with E-state index in [9.17, 15) is 9.59 Å². The summed E-state index contributed by atoms with van der Waals surface area (Å²) in [5, 5.41) is 11.8. The molecule has 0 bridgehead atoms. The standard InChI is InChI=1S/C13H14N4O2/c1-8-7-14-17-12(8)13(19)16-11-5-3-10(4-6-11)15-9(2)18/h3-7H,1-2H3,(H,14,17)(H,15,18)(H,16,19). The fourth-order valence-electron chi connectivity index (χ4n) is 1.61. The lowest BCUT2D eigenvalue weighted by molar-refractivity contribution is -0.114. The van der Waals surface area contributed by atoms with Gasteiger partial charge in [-0.1, -0.05) is 0 Å². The maximum atomic E-state index is 11.9. The van der Waals surface area contributed by atoms with Crippen LogP contribution in [0.2, 0.25) is 0 Å². The number of amides is 2. The molecule has 2 rings (SSSR count). The molecule has 98 valence electrons. The van der Waals surface area contributed by atoms with Gasteiger partial charge >= 0.3 is 0 Å². The van der Waals surface area contributed by atoms with Gasteiger partial charge in [-0.05, 0) is 36.8 Å². The maximum Gasteiger partial charge on any atom is 0.273 e. The number of benzene rings is 1. The van der Waals surface area contributed by atoms with Crippen LogP contribution in [-0.2, 0) is 4.79 Å². The third kappa shape index (κ3) is 3.19. The van der Waals surface area contributed by atoms with Crippen LogP contribution in [0.25, 0.3) is 0 Å². The largest absolute Gasteiger partial charge is 0.326 e. The number of aromatic amines is 1. The molecule has 0 saturated carbocycles. The summed E-state index contributed by atoms with van der Waals surface area (Å²) in [7, 11) is 0. The minimum Gasteiger partial charge on any atom is -0.326 e. The van der Waals surface area contributed by atoms with Crippen molar-refractivity contribution in [2.45, 2.75) is 13.8 Å². The van der Waals surface area contributed by atoms with Gasteiger partial charge in [-0.15, -0.1) is 0 Å². The Morgan fingerprint density at radius 1 is 1.11 bits per heavy atom. The lowest BCUT2D eigenvalue weighted by Crippen LogP contribution is -2.13. The topological polar surface area (TPSA) is 86.9 Å². The van der Waals surface area contributed by atoms with Crippen LogP contribution in [0.1, 0.15) is 23.0 Å². The number of nitrogens with one attached hydrogen (secondary N) is 3. The van der Waals surface area contributed by atoms with Crippen molar-refractivity contribution in [2.75, 3.05) is 10.6 Å². The second-order valence-corrected chi connectivity index (χ2v) is 4.14. The number of hydrogen-bond donors (Lipinski definition) is 3. The monoisotopic (exact) mass is 258 g/mol. The van der Waals surface area contributed by atoms with Crippen molar-refractivity contribution < 1.29 is 9.59 Å². The molecule has 0 radical (unpaired) electrons. The van der Waals surface area contributed by atoms with Gasteiger partial charge in [0, 0.05) is 18.3 Å². The highest BCUT2D eigenvalue weighted by molar-refractivity contribution is 6.03. The molecule has 2 amide bonds. The highest BCUT2D eigenvalue weighted by Gasteiger charge is 2.10. The van der Waals surface area contributed by atoms with E-state index in [-0.39, 0.29) is 11.8 Å². The van der Waals surface area contributed by atoms with Crippen molar-refractivity contribution >= 4 is 23.2 Å². The van der Waals surface area contributed by atoms with Crippen LogP contribution in [0.5, 0.6) is 0 Å². The Morgan fingerprint density at radius 2 is 1.68 bits per heavy atom. The number of aromatic nitrogens is 2. The van der Waals surface area contributed by atoms with Gasteiger partial charge in [-0.25, -0.2) is 0 Å². The zero-order valence-corrected chi connectivity index (χ0v) is 10.7. The van der Waals surface area contributed by atoms with Crippen molar-refractivity contribution in [1.29, 1.82) is 0 Å². The third-order valence-corrected chi connectivity index (χ3v) is 2.52. The number of aryl methyl sites for hydroxylation is 1. The Kier molecular flexibility index (Phi) is 3.61. The summed E-state index contributed by atoms with van der Waals surface area (Å²) in [5.41, 5.74) is 2.55. The van der Waals surface area contributed by atoms with Gasteiger partial charge in [-0.3, -0.25) is 14.7 Å². The van der Waals surface area contributed by atoms with Crippen LogP contribution in [0.15, 0.2) is 30.5 Å². The normalized spacial score (nSPS) is 10.0. The molecule has 0 spiro atoms. The smallest absolute Gasteiger partial charge is 0.273 e. The number of H-pyrrole nitrogens is 1. The van der Waals surface area contributed by atoms with E-state index in [0.717, 1.165) is 5.56 Å². The summed E-state index contributed by atoms with van der Waals surface area (Å²) in [6.07, 6.45) is 1.59. The number of rotatable bonds is 3. The van der Waals surface area contributed by atoms with E-state index in [2.05, 4.69) is 20.8 Å². The van der Waals surface area contributed by atoms with E-state index in [1.165, 1.54) is 6.92 Å². The van der Waals surface area contributed by atoms with Crippen molar-refractivity contribution in [1.82, 2.24) is 10.2 Å². The molecule has 0 fully saturated rings. The molecule has 0 aliphatic carbocycles. The van der Waals surface area contributed by atoms with E-state index in [4.69, 9.17) is 0 Å². The van der Waals surface area contributed by atoms with Crippen LogP contribution >= 0.6 is 0 Å². The molecular formula is C13H14N4O2. The van der Waals surface area contributed by atoms with Gasteiger partial charge in [0.25, 0.3) is 5.91 Å². The molecule has 0 aliphatic rings. The highest BCUT2D eigenvalue weighted by atomic mass is 16.2. The van der Waals surface area contributed by atoms with Gasteiger partial charge < -0.3 is 10.6 Å². The van der Waals surface area contributed by atoms with Crippen molar-refractivity contribution in [3.8, 4) is 0 Å². The number of carbonyl (C=O) groups is 2. The summed E-state index contributed by atoms with van der Waals surface area (Å²) in [6.45, 7) is 3.25. The average Bonchev–Trinajstić information content (AvgIpc) is 2.77. The van der Waals surface area contributed by atoms with Crippen molar-refractivity contribution in [3.05, 3.63) is 41.7 Å². The molecule has 0 aliphatic heterocycles. The zero-order valence-electron chi connectivity index (χ0n) is 10.7. The summed E-state index contributed by atoms with van der Waals surface area (Å²) in [6, 6.07) is 6.87. The second kappa shape index (κ2) is 5.34. The van der Waals surface area contributed by atoms with Gasteiger partial charge in [0.05, 0.1) is 6.20 Å². The molecule has 0 unspecified atom stereocenters. The first-order valence-corrected chi connectivity index (χ1v) is 5.75. The molecule has 0 atom stereocenters. The van der Waals surface area contributed by atoms with Crippen LogP contribution < -0.4 is 10.6 Å². The molecule has 6 nitrogen and oxygen atoms in total. The highest BCUT2D eigenvalue weighted by Crippen LogP contribution is 2.14. The Morgan fingerprint density at radius 3 is 2.16 bits per heavy atom. The minimum absolute atomic E-state index is 0.134. The van der Waals surface area contributed by atoms with Crippen molar-refractivity contribution in [3.63, 3.8) is 0 Å². The summed E-state index contributed by atoms with van der Waals surface area (Å²) < 4.78 is 0. The summed E-state index contributed by atoms with van der Waals surface area (Å²) in [5.74, 6) is -0.382. The van der Waals surface area contributed by atoms with Gasteiger partial charge in [0.15, 0.2) is 0 Å². The Hall–Kier alpha value is -2.63. The fraction of sp³-hybridized carbons (Fsp3) is 0.154. The minimum atomic E-state index is -0.248. The van der Waals surface area contributed by atoms with E-state index in [1.807, 2.05) is 0 Å². The summed E-state index contributed by atoms with van der Waals surface area (Å²) in [4.78, 5) is 22.8. The molecule has 0 saturated heterocycles. The van der Waals surface area contributed by atoms with Crippen LogP contribution in [0, 0.1) is 6.92 Å². The Balaban J connectivity index is 2.06. The molecular weight excluding hydrogens is 244 g/mol. The van der Waals surface area contributed by atoms with Crippen LogP contribution in [0.3, 0.4) is 0 Å². The molecule has 1 aromatic heterocycles. The SMILES string of the molecule is CC(=O)Nc1ccc(NC(=O)c2[nH]ncc2C)cc1. The quantitative estimate of drug-likeness (QED) is 0.786. The first-order valence-electron chi connectivity index (χ1n) is 5.75. The molecule has 1 aromatic carbocycles. The molecule has 1 heterocycles. The molecule has 3 N–H and O–H groups in total. The fourth-order valence-corrected chi connectivity index (χ4v) is 1.61. The van der Waals surface area contributed by atoms with E-state index in [1.54, 1.807) is 37.4 Å². The Labute approximate surface area is 110 Å². The number of anilines is 2. The number of nitrogens with zero attached hydrogens (tertiary/aromatic N) is 1. The molecule has 2 aromatic rings. The average molecular weight is 258 g/mol. The van der Waals surface area contributed by atoms with E-state index in [0.29, 0.717) is 17.1 Å². The first-order chi connectivity index (χ1) is 9.06.